The number of nitrogens with two attached hydrogens (primary N) is 1. The van der Waals surface area contributed by atoms with E-state index in [1.54, 1.807) is 0 Å². The predicted molar refractivity (Wildman–Crippen MR) is 65.4 cm³/mol. The Morgan fingerprint density at radius 3 is 3.06 bits per heavy atom. The second-order valence-corrected chi connectivity index (χ2v) is 4.66. The highest BCUT2D eigenvalue weighted by molar-refractivity contribution is 4.88. The zero-order valence-corrected chi connectivity index (χ0v) is 10.6. The Balaban J connectivity index is 1.95. The van der Waals surface area contributed by atoms with Crippen LogP contribution in [0.1, 0.15) is 44.3 Å². The topological polar surface area (TPSA) is 68.2 Å². The second-order valence-electron chi connectivity index (χ2n) is 4.66. The normalized spacial score (nSPS) is 21.9. The lowest BCUT2D eigenvalue weighted by Crippen LogP contribution is -2.40. The Bertz CT molecular complexity index is 337. The zero-order valence-electron chi connectivity index (χ0n) is 10.6. The average molecular weight is 238 g/mol. The molecule has 1 unspecified atom stereocenters. The molecular formula is C12H22N4O. The molecule has 5 nitrogen and oxygen atoms in total. The fourth-order valence-corrected chi connectivity index (χ4v) is 2.47. The van der Waals surface area contributed by atoms with Crippen molar-refractivity contribution >= 4 is 0 Å². The van der Waals surface area contributed by atoms with Gasteiger partial charge in [0.15, 0.2) is 5.82 Å². The first kappa shape index (κ1) is 12.5. The number of hydrogen-bond acceptors (Lipinski definition) is 5. The molecule has 1 aromatic heterocycles. The average Bonchev–Trinajstić information content (AvgIpc) is 2.80. The molecule has 1 saturated heterocycles. The smallest absolute Gasteiger partial charge is 0.226 e. The summed E-state index contributed by atoms with van der Waals surface area (Å²) in [4.78, 5) is 6.81. The molecule has 1 fully saturated rings. The SMILES string of the molecule is CCc1nc(CN2CCCCC2CCN)no1. The third-order valence-electron chi connectivity index (χ3n) is 3.41. The predicted octanol–water partition coefficient (Wildman–Crippen LogP) is 1.34. The van der Waals surface area contributed by atoms with Gasteiger partial charge in [-0.3, -0.25) is 4.90 Å². The van der Waals surface area contributed by atoms with Crippen LogP contribution in [0.5, 0.6) is 0 Å². The van der Waals surface area contributed by atoms with Crippen LogP contribution >= 0.6 is 0 Å². The summed E-state index contributed by atoms with van der Waals surface area (Å²) < 4.78 is 5.14. The van der Waals surface area contributed by atoms with E-state index in [4.69, 9.17) is 10.3 Å². The summed E-state index contributed by atoms with van der Waals surface area (Å²) in [5, 5.41) is 4.02. The summed E-state index contributed by atoms with van der Waals surface area (Å²) in [6.45, 7) is 4.71. The van der Waals surface area contributed by atoms with Gasteiger partial charge >= 0.3 is 0 Å². The van der Waals surface area contributed by atoms with E-state index in [0.717, 1.165) is 44.2 Å². The highest BCUT2D eigenvalue weighted by Crippen LogP contribution is 2.20. The molecule has 1 aromatic rings. The number of piperidine rings is 1. The summed E-state index contributed by atoms with van der Waals surface area (Å²) in [7, 11) is 0. The summed E-state index contributed by atoms with van der Waals surface area (Å²) in [6, 6.07) is 0.595. The summed E-state index contributed by atoms with van der Waals surface area (Å²) in [5.41, 5.74) is 5.66. The molecule has 2 rings (SSSR count). The van der Waals surface area contributed by atoms with Crippen LogP contribution in [0, 0.1) is 0 Å². The maximum Gasteiger partial charge on any atom is 0.226 e. The van der Waals surface area contributed by atoms with Gasteiger partial charge in [0.1, 0.15) is 0 Å². The van der Waals surface area contributed by atoms with Crippen LogP contribution in [-0.2, 0) is 13.0 Å². The van der Waals surface area contributed by atoms with E-state index >= 15 is 0 Å². The van der Waals surface area contributed by atoms with E-state index in [0.29, 0.717) is 6.04 Å². The maximum atomic E-state index is 5.66. The van der Waals surface area contributed by atoms with Crippen molar-refractivity contribution in [3.63, 3.8) is 0 Å². The van der Waals surface area contributed by atoms with Gasteiger partial charge in [0.25, 0.3) is 0 Å². The van der Waals surface area contributed by atoms with Crippen molar-refractivity contribution in [1.29, 1.82) is 0 Å². The third-order valence-corrected chi connectivity index (χ3v) is 3.41. The van der Waals surface area contributed by atoms with Gasteiger partial charge in [-0.25, -0.2) is 0 Å². The summed E-state index contributed by atoms with van der Waals surface area (Å²) >= 11 is 0. The fourth-order valence-electron chi connectivity index (χ4n) is 2.47. The lowest BCUT2D eigenvalue weighted by atomic mass is 9.99. The largest absolute Gasteiger partial charge is 0.339 e. The van der Waals surface area contributed by atoms with Gasteiger partial charge in [0, 0.05) is 12.5 Å². The number of nitrogens with zero attached hydrogens (tertiary/aromatic N) is 3. The number of aryl methyl sites for hydroxylation is 1. The molecule has 1 atom stereocenters. The first-order valence-electron chi connectivity index (χ1n) is 6.59. The van der Waals surface area contributed by atoms with Gasteiger partial charge in [-0.2, -0.15) is 4.98 Å². The van der Waals surface area contributed by atoms with Crippen LogP contribution in [0.3, 0.4) is 0 Å². The standard InChI is InChI=1S/C12H22N4O/c1-2-12-14-11(15-17-12)9-16-8-4-3-5-10(16)6-7-13/h10H,2-9,13H2,1H3. The van der Waals surface area contributed by atoms with Crippen molar-refractivity contribution in [1.82, 2.24) is 15.0 Å². The number of hydrogen-bond donors (Lipinski definition) is 1. The quantitative estimate of drug-likeness (QED) is 0.838. The van der Waals surface area contributed by atoms with E-state index < -0.39 is 0 Å². The van der Waals surface area contributed by atoms with Crippen LogP contribution in [0.15, 0.2) is 4.52 Å². The van der Waals surface area contributed by atoms with Crippen molar-refractivity contribution in [2.24, 2.45) is 5.73 Å². The van der Waals surface area contributed by atoms with E-state index in [9.17, 15) is 0 Å². The van der Waals surface area contributed by atoms with Gasteiger partial charge in [0.2, 0.25) is 5.89 Å². The molecule has 1 aliphatic heterocycles. The van der Waals surface area contributed by atoms with Crippen LogP contribution < -0.4 is 5.73 Å². The molecule has 0 bridgehead atoms. The van der Waals surface area contributed by atoms with Gasteiger partial charge in [0.05, 0.1) is 6.54 Å². The Labute approximate surface area is 102 Å². The van der Waals surface area contributed by atoms with Crippen LogP contribution in [-0.4, -0.2) is 34.2 Å². The van der Waals surface area contributed by atoms with Crippen molar-refractivity contribution < 1.29 is 4.52 Å². The monoisotopic (exact) mass is 238 g/mol. The molecular weight excluding hydrogens is 216 g/mol. The Morgan fingerprint density at radius 1 is 1.47 bits per heavy atom. The second kappa shape index (κ2) is 6.12. The molecule has 0 radical (unpaired) electrons. The van der Waals surface area contributed by atoms with Crippen molar-refractivity contribution in [3.8, 4) is 0 Å². The minimum absolute atomic E-state index is 0.595. The molecule has 0 aromatic carbocycles. The molecule has 2 N–H and O–H groups in total. The van der Waals surface area contributed by atoms with E-state index in [1.165, 1.54) is 19.3 Å². The molecule has 0 saturated carbocycles. The first-order chi connectivity index (χ1) is 8.33. The molecule has 5 heteroatoms. The third kappa shape index (κ3) is 3.26. The Morgan fingerprint density at radius 2 is 2.35 bits per heavy atom. The minimum atomic E-state index is 0.595. The maximum absolute atomic E-state index is 5.66. The molecule has 96 valence electrons. The highest BCUT2D eigenvalue weighted by atomic mass is 16.5. The molecule has 17 heavy (non-hydrogen) atoms. The highest BCUT2D eigenvalue weighted by Gasteiger charge is 2.23. The first-order valence-corrected chi connectivity index (χ1v) is 6.59. The van der Waals surface area contributed by atoms with Crippen LogP contribution in [0.4, 0.5) is 0 Å². The van der Waals surface area contributed by atoms with E-state index in [-0.39, 0.29) is 0 Å². The minimum Gasteiger partial charge on any atom is -0.339 e. The van der Waals surface area contributed by atoms with Gasteiger partial charge < -0.3 is 10.3 Å². The van der Waals surface area contributed by atoms with Crippen LogP contribution in [0.25, 0.3) is 0 Å². The molecule has 0 spiro atoms. The van der Waals surface area contributed by atoms with E-state index in [2.05, 4.69) is 15.0 Å². The van der Waals surface area contributed by atoms with E-state index in [1.807, 2.05) is 6.92 Å². The lowest BCUT2D eigenvalue weighted by Gasteiger charge is -2.34. The van der Waals surface area contributed by atoms with Crippen molar-refractivity contribution in [3.05, 3.63) is 11.7 Å². The Hall–Kier alpha value is -0.940. The van der Waals surface area contributed by atoms with Gasteiger partial charge in [-0.1, -0.05) is 18.5 Å². The number of rotatable bonds is 5. The Kier molecular flexibility index (Phi) is 4.50. The fraction of sp³-hybridized carbons (Fsp3) is 0.833. The van der Waals surface area contributed by atoms with Crippen LogP contribution in [0.2, 0.25) is 0 Å². The molecule has 2 heterocycles. The number of aromatic nitrogens is 2. The van der Waals surface area contributed by atoms with Crippen molar-refractivity contribution in [2.75, 3.05) is 13.1 Å². The number of likely N-dealkylation sites (tertiary alicyclic amines) is 1. The van der Waals surface area contributed by atoms with Gasteiger partial charge in [-0.05, 0) is 32.4 Å². The lowest BCUT2D eigenvalue weighted by molar-refractivity contribution is 0.129. The molecule has 0 aliphatic carbocycles. The zero-order chi connectivity index (χ0) is 12.1. The summed E-state index contributed by atoms with van der Waals surface area (Å²) in [5.74, 6) is 1.54. The summed E-state index contributed by atoms with van der Waals surface area (Å²) in [6.07, 6.45) is 5.70. The molecule has 0 amide bonds. The van der Waals surface area contributed by atoms with Gasteiger partial charge in [-0.15, -0.1) is 0 Å². The molecule has 1 aliphatic rings. The van der Waals surface area contributed by atoms with Crippen molar-refractivity contribution in [2.45, 2.75) is 51.6 Å².